The maximum Gasteiger partial charge on any atom is 0.167 e. The molecule has 0 spiro atoms. The summed E-state index contributed by atoms with van der Waals surface area (Å²) in [6, 6.07) is 12.0. The summed E-state index contributed by atoms with van der Waals surface area (Å²) >= 11 is 0. The number of nitrogens with one attached hydrogen (secondary N) is 1. The molecule has 0 atom stereocenters. The van der Waals surface area contributed by atoms with Gasteiger partial charge in [0.05, 0.1) is 28.6 Å². The average molecular weight is 418 g/mol. The smallest absolute Gasteiger partial charge is 0.167 e. The van der Waals surface area contributed by atoms with E-state index < -0.39 is 9.84 Å². The SMILES string of the molecule is O=S1(=O)CCN(c2nc3c(-c4cnc5ccccc5c4)cnn3c3[nH]ccc23)CC1. The third kappa shape index (κ3) is 2.66. The summed E-state index contributed by atoms with van der Waals surface area (Å²) in [5, 5.41) is 6.54. The van der Waals surface area contributed by atoms with Crippen LogP contribution in [0.2, 0.25) is 0 Å². The Labute approximate surface area is 172 Å². The highest BCUT2D eigenvalue weighted by atomic mass is 32.2. The van der Waals surface area contributed by atoms with Crippen LogP contribution in [0.15, 0.2) is 55.0 Å². The van der Waals surface area contributed by atoms with Crippen molar-refractivity contribution in [3.8, 4) is 11.1 Å². The van der Waals surface area contributed by atoms with Crippen LogP contribution < -0.4 is 4.90 Å². The van der Waals surface area contributed by atoms with Gasteiger partial charge < -0.3 is 9.88 Å². The first-order valence-corrected chi connectivity index (χ1v) is 11.6. The lowest BCUT2D eigenvalue weighted by atomic mass is 10.1. The van der Waals surface area contributed by atoms with Crippen LogP contribution in [0.1, 0.15) is 0 Å². The van der Waals surface area contributed by atoms with Crippen LogP contribution in [0.3, 0.4) is 0 Å². The number of rotatable bonds is 2. The Hall–Kier alpha value is -3.46. The average Bonchev–Trinajstić information content (AvgIpc) is 3.40. The summed E-state index contributed by atoms with van der Waals surface area (Å²) < 4.78 is 25.6. The Balaban J connectivity index is 1.55. The van der Waals surface area contributed by atoms with Crippen molar-refractivity contribution >= 4 is 43.2 Å². The number of hydrogen-bond donors (Lipinski definition) is 1. The zero-order valence-electron chi connectivity index (χ0n) is 16.0. The van der Waals surface area contributed by atoms with Crippen LogP contribution in [0.25, 0.3) is 38.7 Å². The Morgan fingerprint density at radius 3 is 2.73 bits per heavy atom. The number of sulfone groups is 1. The molecule has 0 unspecified atom stereocenters. The highest BCUT2D eigenvalue weighted by molar-refractivity contribution is 7.91. The van der Waals surface area contributed by atoms with Gasteiger partial charge in [-0.2, -0.15) is 9.61 Å². The zero-order valence-corrected chi connectivity index (χ0v) is 16.8. The summed E-state index contributed by atoms with van der Waals surface area (Å²) in [6.07, 6.45) is 5.50. The fourth-order valence-corrected chi connectivity index (χ4v) is 5.28. The summed E-state index contributed by atoms with van der Waals surface area (Å²) in [7, 11) is -2.97. The van der Waals surface area contributed by atoms with Crippen molar-refractivity contribution in [2.45, 2.75) is 0 Å². The second-order valence-electron chi connectivity index (χ2n) is 7.52. The van der Waals surface area contributed by atoms with Gasteiger partial charge in [0.2, 0.25) is 0 Å². The van der Waals surface area contributed by atoms with Gasteiger partial charge in [0, 0.05) is 42.0 Å². The maximum absolute atomic E-state index is 11.9. The standard InChI is InChI=1S/C21H18N6O2S/c28-30(29)9-7-26(8-10-30)20-16-5-6-22-19(16)27-21(25-20)17(13-24-27)15-11-14-3-1-2-4-18(14)23-12-15/h1-6,11-13,22H,7-10H2. The van der Waals surface area contributed by atoms with Gasteiger partial charge >= 0.3 is 0 Å². The number of benzene rings is 1. The number of fused-ring (bicyclic) bond motifs is 4. The molecule has 1 aromatic carbocycles. The lowest BCUT2D eigenvalue weighted by Gasteiger charge is -2.28. The van der Waals surface area contributed by atoms with Crippen LogP contribution in [0.4, 0.5) is 5.82 Å². The minimum absolute atomic E-state index is 0.145. The highest BCUT2D eigenvalue weighted by Crippen LogP contribution is 2.32. The molecule has 1 N–H and O–H groups in total. The fraction of sp³-hybridized carbons (Fsp3) is 0.190. The number of hydrogen-bond acceptors (Lipinski definition) is 6. The molecule has 9 heteroatoms. The van der Waals surface area contributed by atoms with Crippen molar-refractivity contribution in [1.82, 2.24) is 24.6 Å². The molecule has 150 valence electrons. The van der Waals surface area contributed by atoms with Gasteiger partial charge in [-0.15, -0.1) is 0 Å². The molecule has 30 heavy (non-hydrogen) atoms. The van der Waals surface area contributed by atoms with Crippen molar-refractivity contribution in [2.75, 3.05) is 29.5 Å². The summed E-state index contributed by atoms with van der Waals surface area (Å²) in [5.41, 5.74) is 4.31. The molecular weight excluding hydrogens is 400 g/mol. The number of para-hydroxylation sites is 1. The molecule has 0 amide bonds. The Morgan fingerprint density at radius 1 is 1.03 bits per heavy atom. The highest BCUT2D eigenvalue weighted by Gasteiger charge is 2.25. The molecule has 8 nitrogen and oxygen atoms in total. The topological polar surface area (TPSA) is 96.2 Å². The number of H-pyrrole nitrogens is 1. The number of aromatic amines is 1. The third-order valence-electron chi connectivity index (χ3n) is 5.68. The Kier molecular flexibility index (Phi) is 3.64. The molecule has 6 rings (SSSR count). The minimum atomic E-state index is -2.97. The van der Waals surface area contributed by atoms with Crippen molar-refractivity contribution in [3.05, 3.63) is 55.0 Å². The zero-order chi connectivity index (χ0) is 20.3. The van der Waals surface area contributed by atoms with Crippen LogP contribution in [0, 0.1) is 0 Å². The normalized spacial score (nSPS) is 16.6. The minimum Gasteiger partial charge on any atom is -0.354 e. The van der Waals surface area contributed by atoms with E-state index in [1.807, 2.05) is 47.6 Å². The van der Waals surface area contributed by atoms with E-state index in [4.69, 9.17) is 4.98 Å². The molecule has 4 aromatic heterocycles. The number of aromatic nitrogens is 5. The van der Waals surface area contributed by atoms with Gasteiger partial charge in [0.1, 0.15) is 11.5 Å². The predicted octanol–water partition coefficient (Wildman–Crippen LogP) is 2.66. The Morgan fingerprint density at radius 2 is 1.87 bits per heavy atom. The maximum atomic E-state index is 11.9. The molecule has 1 aliphatic heterocycles. The number of anilines is 1. The molecule has 0 saturated carbocycles. The van der Waals surface area contributed by atoms with Crippen molar-refractivity contribution in [2.24, 2.45) is 0 Å². The van der Waals surface area contributed by atoms with E-state index in [0.29, 0.717) is 18.7 Å². The molecule has 1 aliphatic rings. The van der Waals surface area contributed by atoms with Gasteiger partial charge in [-0.1, -0.05) is 18.2 Å². The second-order valence-corrected chi connectivity index (χ2v) is 9.83. The lowest BCUT2D eigenvalue weighted by molar-refractivity contribution is 0.586. The van der Waals surface area contributed by atoms with E-state index in [2.05, 4.69) is 21.1 Å². The van der Waals surface area contributed by atoms with Gasteiger partial charge in [-0.3, -0.25) is 4.98 Å². The van der Waals surface area contributed by atoms with Gasteiger partial charge in [-0.25, -0.2) is 13.4 Å². The quantitative estimate of drug-likeness (QED) is 0.473. The molecule has 0 bridgehead atoms. The fourth-order valence-electron chi connectivity index (χ4n) is 4.08. The molecule has 0 radical (unpaired) electrons. The van der Waals surface area contributed by atoms with E-state index >= 15 is 0 Å². The van der Waals surface area contributed by atoms with E-state index in [-0.39, 0.29) is 11.5 Å². The first-order valence-electron chi connectivity index (χ1n) is 9.74. The Bertz CT molecular complexity index is 1520. The first kappa shape index (κ1) is 17.4. The van der Waals surface area contributed by atoms with Crippen molar-refractivity contribution in [3.63, 3.8) is 0 Å². The summed E-state index contributed by atoms with van der Waals surface area (Å²) in [4.78, 5) is 14.8. The summed E-state index contributed by atoms with van der Waals surface area (Å²) in [6.45, 7) is 0.875. The van der Waals surface area contributed by atoms with Crippen LogP contribution in [-0.4, -0.2) is 57.6 Å². The largest absolute Gasteiger partial charge is 0.354 e. The van der Waals surface area contributed by atoms with Crippen molar-refractivity contribution < 1.29 is 8.42 Å². The molecule has 5 heterocycles. The van der Waals surface area contributed by atoms with Gasteiger partial charge in [-0.05, 0) is 18.2 Å². The van der Waals surface area contributed by atoms with Crippen LogP contribution in [0.5, 0.6) is 0 Å². The van der Waals surface area contributed by atoms with E-state index in [0.717, 1.165) is 38.9 Å². The van der Waals surface area contributed by atoms with Crippen molar-refractivity contribution in [1.29, 1.82) is 0 Å². The third-order valence-corrected chi connectivity index (χ3v) is 7.29. The molecule has 5 aromatic rings. The first-order chi connectivity index (χ1) is 14.6. The van der Waals surface area contributed by atoms with E-state index in [1.54, 1.807) is 10.7 Å². The molecular formula is C21H18N6O2S. The van der Waals surface area contributed by atoms with Gasteiger partial charge in [0.25, 0.3) is 0 Å². The molecule has 1 saturated heterocycles. The van der Waals surface area contributed by atoms with E-state index in [1.165, 1.54) is 0 Å². The second kappa shape index (κ2) is 6.27. The number of pyridine rings is 1. The van der Waals surface area contributed by atoms with E-state index in [9.17, 15) is 8.42 Å². The van der Waals surface area contributed by atoms with Crippen LogP contribution in [-0.2, 0) is 9.84 Å². The predicted molar refractivity (Wildman–Crippen MR) is 116 cm³/mol. The van der Waals surface area contributed by atoms with Gasteiger partial charge in [0.15, 0.2) is 15.5 Å². The molecule has 0 aliphatic carbocycles. The molecule has 1 fully saturated rings. The summed E-state index contributed by atoms with van der Waals surface area (Å²) in [5.74, 6) is 1.07. The lowest BCUT2D eigenvalue weighted by Crippen LogP contribution is -2.40. The number of nitrogens with zero attached hydrogens (tertiary/aromatic N) is 5. The van der Waals surface area contributed by atoms with Crippen LogP contribution >= 0.6 is 0 Å². The monoisotopic (exact) mass is 418 g/mol.